The van der Waals surface area contributed by atoms with Gasteiger partial charge >= 0.3 is 0 Å². The lowest BCUT2D eigenvalue weighted by Gasteiger charge is -2.52. The van der Waals surface area contributed by atoms with E-state index in [9.17, 15) is 0 Å². The van der Waals surface area contributed by atoms with Gasteiger partial charge in [-0.25, -0.2) is 0 Å². The molecule has 2 heteroatoms. The van der Waals surface area contributed by atoms with Crippen molar-refractivity contribution < 1.29 is 0 Å². The first-order chi connectivity index (χ1) is 9.76. The zero-order valence-electron chi connectivity index (χ0n) is 13.7. The van der Waals surface area contributed by atoms with Crippen LogP contribution < -0.4 is 5.32 Å². The minimum Gasteiger partial charge on any atom is -0.314 e. The molecule has 116 valence electrons. The van der Waals surface area contributed by atoms with Crippen molar-refractivity contribution in [3.63, 3.8) is 0 Å². The summed E-state index contributed by atoms with van der Waals surface area (Å²) >= 11 is 0. The summed E-state index contributed by atoms with van der Waals surface area (Å²) in [5.74, 6) is 0. The Morgan fingerprint density at radius 1 is 1.00 bits per heavy atom. The number of rotatable bonds is 5. The van der Waals surface area contributed by atoms with Crippen LogP contribution >= 0.6 is 0 Å². The first kappa shape index (κ1) is 14.8. The smallest absolute Gasteiger partial charge is 0.0113 e. The lowest BCUT2D eigenvalue weighted by atomic mass is 9.77. The Bertz CT molecular complexity index is 295. The fourth-order valence-corrected chi connectivity index (χ4v) is 5.33. The third kappa shape index (κ3) is 2.92. The molecule has 2 saturated heterocycles. The Balaban J connectivity index is 1.67. The van der Waals surface area contributed by atoms with E-state index in [4.69, 9.17) is 0 Å². The molecule has 0 aromatic rings. The third-order valence-corrected chi connectivity index (χ3v) is 6.55. The van der Waals surface area contributed by atoms with E-state index in [2.05, 4.69) is 24.1 Å². The van der Waals surface area contributed by atoms with Crippen LogP contribution in [0.25, 0.3) is 0 Å². The monoisotopic (exact) mass is 278 g/mol. The SMILES string of the molecule is CCNC1CC2CCCC(C1)N2CC1(CC)CCCC1. The molecule has 2 heterocycles. The minimum atomic E-state index is 0.679. The number of nitrogens with zero attached hydrogens (tertiary/aromatic N) is 1. The Morgan fingerprint density at radius 2 is 1.65 bits per heavy atom. The van der Waals surface area contributed by atoms with Crippen LogP contribution in [0.15, 0.2) is 0 Å². The molecule has 20 heavy (non-hydrogen) atoms. The van der Waals surface area contributed by atoms with Crippen LogP contribution in [-0.2, 0) is 0 Å². The molecule has 2 nitrogen and oxygen atoms in total. The quantitative estimate of drug-likeness (QED) is 0.819. The second kappa shape index (κ2) is 6.36. The number of piperidine rings is 2. The molecular formula is C18H34N2. The first-order valence-corrected chi connectivity index (χ1v) is 9.25. The lowest BCUT2D eigenvalue weighted by Crippen LogP contribution is -2.58. The molecule has 3 rings (SSSR count). The predicted molar refractivity (Wildman–Crippen MR) is 86.0 cm³/mol. The fraction of sp³-hybridized carbons (Fsp3) is 1.00. The minimum absolute atomic E-state index is 0.679. The Hall–Kier alpha value is -0.0800. The molecule has 3 aliphatic rings. The van der Waals surface area contributed by atoms with E-state index in [0.717, 1.165) is 24.7 Å². The zero-order chi connectivity index (χ0) is 14.0. The van der Waals surface area contributed by atoms with Gasteiger partial charge in [-0.05, 0) is 56.9 Å². The number of nitrogens with one attached hydrogen (secondary N) is 1. The van der Waals surface area contributed by atoms with Gasteiger partial charge in [0.2, 0.25) is 0 Å². The van der Waals surface area contributed by atoms with Gasteiger partial charge in [-0.3, -0.25) is 4.90 Å². The summed E-state index contributed by atoms with van der Waals surface area (Å²) in [5.41, 5.74) is 0.679. The molecule has 1 aliphatic carbocycles. The molecule has 0 spiro atoms. The highest BCUT2D eigenvalue weighted by Crippen LogP contribution is 2.45. The molecule has 1 saturated carbocycles. The van der Waals surface area contributed by atoms with Gasteiger partial charge in [-0.2, -0.15) is 0 Å². The van der Waals surface area contributed by atoms with E-state index < -0.39 is 0 Å². The van der Waals surface area contributed by atoms with Gasteiger partial charge in [-0.15, -0.1) is 0 Å². The average molecular weight is 278 g/mol. The molecule has 0 aromatic heterocycles. The number of hydrogen-bond acceptors (Lipinski definition) is 2. The average Bonchev–Trinajstić information content (AvgIpc) is 2.89. The van der Waals surface area contributed by atoms with Crippen LogP contribution in [0.4, 0.5) is 0 Å². The predicted octanol–water partition coefficient (Wildman–Crippen LogP) is 3.95. The van der Waals surface area contributed by atoms with Crippen molar-refractivity contribution in [2.75, 3.05) is 13.1 Å². The summed E-state index contributed by atoms with van der Waals surface area (Å²) < 4.78 is 0. The molecule has 2 aliphatic heterocycles. The van der Waals surface area contributed by atoms with Crippen molar-refractivity contribution in [3.05, 3.63) is 0 Å². The van der Waals surface area contributed by atoms with Gasteiger partial charge in [-0.1, -0.05) is 33.1 Å². The van der Waals surface area contributed by atoms with Crippen molar-refractivity contribution in [2.24, 2.45) is 5.41 Å². The van der Waals surface area contributed by atoms with Crippen molar-refractivity contribution in [1.29, 1.82) is 0 Å². The van der Waals surface area contributed by atoms with Crippen molar-refractivity contribution in [3.8, 4) is 0 Å². The molecule has 1 N–H and O–H groups in total. The molecule has 0 radical (unpaired) electrons. The highest BCUT2D eigenvalue weighted by molar-refractivity contribution is 4.98. The van der Waals surface area contributed by atoms with Crippen molar-refractivity contribution >= 4 is 0 Å². The molecule has 2 atom stereocenters. The van der Waals surface area contributed by atoms with Crippen LogP contribution in [0, 0.1) is 5.41 Å². The van der Waals surface area contributed by atoms with Crippen molar-refractivity contribution in [1.82, 2.24) is 10.2 Å². The van der Waals surface area contributed by atoms with E-state index in [1.54, 1.807) is 0 Å². The maximum absolute atomic E-state index is 3.72. The van der Waals surface area contributed by atoms with Crippen LogP contribution in [0.3, 0.4) is 0 Å². The zero-order valence-corrected chi connectivity index (χ0v) is 13.7. The maximum atomic E-state index is 3.72. The first-order valence-electron chi connectivity index (χ1n) is 9.25. The van der Waals surface area contributed by atoms with Crippen LogP contribution in [0.1, 0.15) is 78.1 Å². The van der Waals surface area contributed by atoms with Crippen LogP contribution in [-0.4, -0.2) is 36.1 Å². The van der Waals surface area contributed by atoms with Crippen LogP contribution in [0.5, 0.6) is 0 Å². The second-order valence-corrected chi connectivity index (χ2v) is 7.70. The maximum Gasteiger partial charge on any atom is 0.0113 e. The van der Waals surface area contributed by atoms with Gasteiger partial charge in [0.1, 0.15) is 0 Å². The van der Waals surface area contributed by atoms with Gasteiger partial charge in [0, 0.05) is 24.7 Å². The normalized spacial score (nSPS) is 37.2. The Labute approximate surface area is 125 Å². The standard InChI is InChI=1S/C18H34N2/c1-3-18(10-5-6-11-18)14-20-16-8-7-9-17(20)13-15(12-16)19-4-2/h15-17,19H,3-14H2,1-2H3. The summed E-state index contributed by atoms with van der Waals surface area (Å²) in [6.07, 6.45) is 14.6. The highest BCUT2D eigenvalue weighted by atomic mass is 15.2. The van der Waals surface area contributed by atoms with E-state index in [1.165, 1.54) is 70.8 Å². The highest BCUT2D eigenvalue weighted by Gasteiger charge is 2.42. The molecule has 0 amide bonds. The molecule has 2 bridgehead atoms. The van der Waals surface area contributed by atoms with Gasteiger partial charge < -0.3 is 5.32 Å². The van der Waals surface area contributed by atoms with E-state index in [-0.39, 0.29) is 0 Å². The van der Waals surface area contributed by atoms with Gasteiger partial charge in [0.15, 0.2) is 0 Å². The summed E-state index contributed by atoms with van der Waals surface area (Å²) in [5, 5.41) is 3.72. The Morgan fingerprint density at radius 3 is 2.20 bits per heavy atom. The van der Waals surface area contributed by atoms with E-state index in [1.807, 2.05) is 0 Å². The third-order valence-electron chi connectivity index (χ3n) is 6.55. The molecular weight excluding hydrogens is 244 g/mol. The summed E-state index contributed by atoms with van der Waals surface area (Å²) in [7, 11) is 0. The Kier molecular flexibility index (Phi) is 4.72. The molecule has 3 fully saturated rings. The number of hydrogen-bond donors (Lipinski definition) is 1. The van der Waals surface area contributed by atoms with E-state index >= 15 is 0 Å². The van der Waals surface area contributed by atoms with Gasteiger partial charge in [0.05, 0.1) is 0 Å². The van der Waals surface area contributed by atoms with Crippen LogP contribution in [0.2, 0.25) is 0 Å². The number of fused-ring (bicyclic) bond motifs is 2. The van der Waals surface area contributed by atoms with E-state index in [0.29, 0.717) is 5.41 Å². The lowest BCUT2D eigenvalue weighted by molar-refractivity contribution is -0.00967. The largest absolute Gasteiger partial charge is 0.314 e. The van der Waals surface area contributed by atoms with Gasteiger partial charge in [0.25, 0.3) is 0 Å². The fourth-order valence-electron chi connectivity index (χ4n) is 5.33. The summed E-state index contributed by atoms with van der Waals surface area (Å²) in [4.78, 5) is 2.96. The second-order valence-electron chi connectivity index (χ2n) is 7.70. The molecule has 2 unspecified atom stereocenters. The molecule has 0 aromatic carbocycles. The summed E-state index contributed by atoms with van der Waals surface area (Å²) in [6.45, 7) is 7.25. The van der Waals surface area contributed by atoms with Crippen molar-refractivity contribution in [2.45, 2.75) is 96.2 Å². The topological polar surface area (TPSA) is 15.3 Å². The summed E-state index contributed by atoms with van der Waals surface area (Å²) in [6, 6.07) is 2.57.